The molecular weight excluding hydrogens is 531 g/mol. The van der Waals surface area contributed by atoms with Crippen LogP contribution in [0, 0.1) is 0 Å². The zero-order valence-electron chi connectivity index (χ0n) is 20.2. The molecule has 8 nitrogen and oxygen atoms in total. The van der Waals surface area contributed by atoms with Gasteiger partial charge in [0.05, 0.1) is 19.3 Å². The normalized spacial score (nSPS) is 18.4. The number of likely N-dealkylation sites (N-methyl/N-ethyl adjacent to an activating group) is 1. The molecule has 0 bridgehead atoms. The van der Waals surface area contributed by atoms with E-state index in [1.807, 2.05) is 0 Å². The second-order valence-corrected chi connectivity index (χ2v) is 8.74. The summed E-state index contributed by atoms with van der Waals surface area (Å²) in [5.74, 6) is 0.709. The Morgan fingerprint density at radius 1 is 1.09 bits per heavy atom. The van der Waals surface area contributed by atoms with Gasteiger partial charge >= 0.3 is 0 Å². The minimum atomic E-state index is -0.00132. The molecule has 2 aliphatic rings. The number of hydrogen-bond acceptors (Lipinski definition) is 5. The van der Waals surface area contributed by atoms with E-state index in [4.69, 9.17) is 4.74 Å². The Labute approximate surface area is 216 Å². The van der Waals surface area contributed by atoms with Gasteiger partial charge in [-0.2, -0.15) is 0 Å². The van der Waals surface area contributed by atoms with Gasteiger partial charge in [-0.25, -0.2) is 4.99 Å². The molecule has 3 rings (SSSR count). The van der Waals surface area contributed by atoms with Crippen LogP contribution in [-0.2, 0) is 9.53 Å². The topological polar surface area (TPSA) is 72.4 Å². The van der Waals surface area contributed by atoms with Crippen LogP contribution in [0.25, 0.3) is 0 Å². The minimum absolute atomic E-state index is 0. The van der Waals surface area contributed by atoms with Crippen molar-refractivity contribution < 1.29 is 9.53 Å². The van der Waals surface area contributed by atoms with Crippen LogP contribution in [0.4, 0.5) is 0 Å². The van der Waals surface area contributed by atoms with Crippen molar-refractivity contribution in [3.8, 4) is 0 Å². The van der Waals surface area contributed by atoms with Crippen molar-refractivity contribution in [2.75, 3.05) is 79.7 Å². The molecule has 0 aliphatic carbocycles. The lowest BCUT2D eigenvalue weighted by molar-refractivity contribution is -0.127. The molecule has 0 radical (unpaired) electrons. The highest BCUT2D eigenvalue weighted by molar-refractivity contribution is 14.0. The molecule has 186 valence electrons. The second kappa shape index (κ2) is 15.5. The monoisotopic (exact) mass is 572 g/mol. The van der Waals surface area contributed by atoms with Crippen molar-refractivity contribution in [3.05, 3.63) is 35.9 Å². The number of halogens is 1. The van der Waals surface area contributed by atoms with Gasteiger partial charge in [0, 0.05) is 40.3 Å². The molecule has 2 heterocycles. The van der Waals surface area contributed by atoms with Crippen molar-refractivity contribution in [3.63, 3.8) is 0 Å². The first-order chi connectivity index (χ1) is 15.6. The third-order valence-corrected chi connectivity index (χ3v) is 6.15. The van der Waals surface area contributed by atoms with Gasteiger partial charge in [0.25, 0.3) is 0 Å². The van der Waals surface area contributed by atoms with Gasteiger partial charge in [-0.15, -0.1) is 24.0 Å². The lowest BCUT2D eigenvalue weighted by Gasteiger charge is -2.29. The van der Waals surface area contributed by atoms with Crippen molar-refractivity contribution in [1.29, 1.82) is 0 Å². The lowest BCUT2D eigenvalue weighted by atomic mass is 10.1. The Hall–Kier alpha value is -1.43. The van der Waals surface area contributed by atoms with Crippen molar-refractivity contribution in [1.82, 2.24) is 25.3 Å². The Morgan fingerprint density at radius 2 is 1.79 bits per heavy atom. The molecular formula is C24H41IN6O2. The summed E-state index contributed by atoms with van der Waals surface area (Å²) in [4.78, 5) is 23.2. The second-order valence-electron chi connectivity index (χ2n) is 8.74. The van der Waals surface area contributed by atoms with Gasteiger partial charge in [-0.3, -0.25) is 14.6 Å². The number of amides is 1. The number of carbonyl (C=O) groups is 1. The maximum atomic E-state index is 12.1. The minimum Gasteiger partial charge on any atom is -0.379 e. The van der Waals surface area contributed by atoms with Gasteiger partial charge in [0.2, 0.25) is 5.91 Å². The first-order valence-corrected chi connectivity index (χ1v) is 11.9. The summed E-state index contributed by atoms with van der Waals surface area (Å²) in [5.41, 5.74) is 1.32. The van der Waals surface area contributed by atoms with Crippen LogP contribution >= 0.6 is 24.0 Å². The Kier molecular flexibility index (Phi) is 13.0. The molecule has 1 aromatic carbocycles. The van der Waals surface area contributed by atoms with Crippen molar-refractivity contribution in [2.45, 2.75) is 25.3 Å². The summed E-state index contributed by atoms with van der Waals surface area (Å²) >= 11 is 0. The van der Waals surface area contributed by atoms with E-state index < -0.39 is 0 Å². The Morgan fingerprint density at radius 3 is 2.45 bits per heavy atom. The fraction of sp³-hybridized carbons (Fsp3) is 0.667. The predicted molar refractivity (Wildman–Crippen MR) is 144 cm³/mol. The molecule has 9 heteroatoms. The van der Waals surface area contributed by atoms with Gasteiger partial charge in [-0.05, 0) is 44.5 Å². The molecule has 2 fully saturated rings. The highest BCUT2D eigenvalue weighted by atomic mass is 127. The number of rotatable bonds is 10. The summed E-state index contributed by atoms with van der Waals surface area (Å²) in [6.07, 6.45) is 3.53. The summed E-state index contributed by atoms with van der Waals surface area (Å²) < 4.78 is 5.42. The van der Waals surface area contributed by atoms with E-state index in [-0.39, 0.29) is 36.4 Å². The summed E-state index contributed by atoms with van der Waals surface area (Å²) in [6, 6.07) is 11.0. The number of likely N-dealkylation sites (tertiary alicyclic amines) is 1. The van der Waals surface area contributed by atoms with E-state index in [2.05, 4.69) is 55.8 Å². The highest BCUT2D eigenvalue weighted by Gasteiger charge is 2.23. The van der Waals surface area contributed by atoms with E-state index in [0.717, 1.165) is 65.4 Å². The molecule has 2 saturated heterocycles. The standard InChI is InChI=1S/C24H40N6O2.HI/c1-28(2)23(31)20-27-24(25-11-8-12-29-15-17-32-18-16-29)26-19-22(30-13-6-7-14-30)21-9-4-3-5-10-21;/h3-5,9-10,22H,6-8,11-20H2,1-2H3,(H2,25,26,27);1H. The quantitative estimate of drug-likeness (QED) is 0.193. The number of nitrogens with one attached hydrogen (secondary N) is 2. The van der Waals surface area contributed by atoms with Gasteiger partial charge in [0.1, 0.15) is 6.54 Å². The molecule has 0 saturated carbocycles. The van der Waals surface area contributed by atoms with Gasteiger partial charge in [-0.1, -0.05) is 30.3 Å². The number of hydrogen-bond donors (Lipinski definition) is 2. The van der Waals surface area contributed by atoms with Gasteiger partial charge in [0.15, 0.2) is 5.96 Å². The summed E-state index contributed by atoms with van der Waals surface area (Å²) in [7, 11) is 3.53. The molecule has 1 unspecified atom stereocenters. The number of benzene rings is 1. The first-order valence-electron chi connectivity index (χ1n) is 11.9. The van der Waals surface area contributed by atoms with E-state index >= 15 is 0 Å². The third kappa shape index (κ3) is 9.76. The number of guanidine groups is 1. The van der Waals surface area contributed by atoms with Crippen LogP contribution in [0.3, 0.4) is 0 Å². The SMILES string of the molecule is CN(C)C(=O)CN=C(NCCCN1CCOCC1)NCC(c1ccccc1)N1CCCC1.I. The van der Waals surface area contributed by atoms with Crippen LogP contribution in [0.15, 0.2) is 35.3 Å². The van der Waals surface area contributed by atoms with E-state index in [1.165, 1.54) is 18.4 Å². The molecule has 2 N–H and O–H groups in total. The van der Waals surface area contributed by atoms with E-state index in [1.54, 1.807) is 19.0 Å². The van der Waals surface area contributed by atoms with Crippen LogP contribution in [0.5, 0.6) is 0 Å². The number of carbonyl (C=O) groups excluding carboxylic acids is 1. The number of morpholine rings is 1. The number of aliphatic imine (C=N–C) groups is 1. The maximum Gasteiger partial charge on any atom is 0.243 e. The lowest BCUT2D eigenvalue weighted by Crippen LogP contribution is -2.44. The molecule has 1 atom stereocenters. The average Bonchev–Trinajstić information content (AvgIpc) is 3.35. The number of ether oxygens (including phenoxy) is 1. The third-order valence-electron chi connectivity index (χ3n) is 6.15. The zero-order chi connectivity index (χ0) is 22.6. The van der Waals surface area contributed by atoms with Crippen LogP contribution in [0.2, 0.25) is 0 Å². The van der Waals surface area contributed by atoms with Crippen LogP contribution in [0.1, 0.15) is 30.9 Å². The Balaban J connectivity index is 0.00000385. The average molecular weight is 573 g/mol. The van der Waals surface area contributed by atoms with Gasteiger partial charge < -0.3 is 20.3 Å². The van der Waals surface area contributed by atoms with E-state index in [9.17, 15) is 4.79 Å². The maximum absolute atomic E-state index is 12.1. The molecule has 0 spiro atoms. The summed E-state index contributed by atoms with van der Waals surface area (Å²) in [5, 5.41) is 6.96. The fourth-order valence-electron chi connectivity index (χ4n) is 4.18. The molecule has 33 heavy (non-hydrogen) atoms. The fourth-order valence-corrected chi connectivity index (χ4v) is 4.18. The Bertz CT molecular complexity index is 706. The highest BCUT2D eigenvalue weighted by Crippen LogP contribution is 2.24. The van der Waals surface area contributed by atoms with Crippen molar-refractivity contribution >= 4 is 35.8 Å². The molecule has 2 aliphatic heterocycles. The van der Waals surface area contributed by atoms with Crippen LogP contribution < -0.4 is 10.6 Å². The predicted octanol–water partition coefficient (Wildman–Crippen LogP) is 1.79. The zero-order valence-corrected chi connectivity index (χ0v) is 22.5. The number of nitrogens with zero attached hydrogens (tertiary/aromatic N) is 4. The van der Waals surface area contributed by atoms with Crippen molar-refractivity contribution in [2.24, 2.45) is 4.99 Å². The van der Waals surface area contributed by atoms with Crippen LogP contribution in [-0.4, -0.2) is 106 Å². The molecule has 1 aromatic rings. The molecule has 0 aromatic heterocycles. The van der Waals surface area contributed by atoms with E-state index in [0.29, 0.717) is 12.0 Å². The first kappa shape index (κ1) is 27.8. The summed E-state index contributed by atoms with van der Waals surface area (Å²) in [6.45, 7) is 8.67. The largest absolute Gasteiger partial charge is 0.379 e. The molecule has 1 amide bonds. The smallest absolute Gasteiger partial charge is 0.243 e.